The molecule has 2 heterocycles. The molecule has 0 amide bonds. The van der Waals surface area contributed by atoms with Gasteiger partial charge in [-0.3, -0.25) is 4.40 Å². The molecule has 2 nitrogen and oxygen atoms in total. The maximum atomic E-state index is 4.62. The highest BCUT2D eigenvalue weighted by atomic mass is 127. The van der Waals surface area contributed by atoms with Crippen molar-refractivity contribution in [3.63, 3.8) is 0 Å². The van der Waals surface area contributed by atoms with E-state index in [9.17, 15) is 0 Å². The van der Waals surface area contributed by atoms with E-state index in [2.05, 4.69) is 66.1 Å². The molecular weight excluding hydrogens is 391 g/mol. The molecule has 0 atom stereocenters. The average molecular weight is 399 g/mol. The first-order chi connectivity index (χ1) is 8.25. The second-order valence-electron chi connectivity index (χ2n) is 3.69. The quantitative estimate of drug-likeness (QED) is 0.556. The van der Waals surface area contributed by atoms with E-state index in [0.717, 1.165) is 25.1 Å². The normalized spacial score (nSPS) is 10.9. The lowest BCUT2D eigenvalue weighted by atomic mass is 10.2. The molecule has 0 fully saturated rings. The Morgan fingerprint density at radius 3 is 2.59 bits per heavy atom. The smallest absolute Gasteiger partial charge is 0.145 e. The number of benzene rings is 1. The van der Waals surface area contributed by atoms with Gasteiger partial charge in [-0.1, -0.05) is 34.1 Å². The predicted octanol–water partition coefficient (Wildman–Crippen LogP) is 4.37. The summed E-state index contributed by atoms with van der Waals surface area (Å²) in [7, 11) is 0. The Morgan fingerprint density at radius 1 is 1.06 bits per heavy atom. The van der Waals surface area contributed by atoms with Crippen molar-refractivity contribution in [3.8, 4) is 11.4 Å². The first-order valence-corrected chi connectivity index (χ1v) is 7.01. The van der Waals surface area contributed by atoms with Gasteiger partial charge in [0.1, 0.15) is 9.53 Å². The van der Waals surface area contributed by atoms with E-state index in [1.165, 1.54) is 0 Å². The van der Waals surface area contributed by atoms with Crippen LogP contribution in [0.4, 0.5) is 0 Å². The Balaban J connectivity index is 2.27. The number of pyridine rings is 1. The Morgan fingerprint density at radius 2 is 1.82 bits per heavy atom. The molecule has 0 radical (unpaired) electrons. The highest BCUT2D eigenvalue weighted by Gasteiger charge is 2.09. The van der Waals surface area contributed by atoms with E-state index in [1.807, 2.05) is 30.5 Å². The minimum absolute atomic E-state index is 0.984. The molecule has 3 rings (SSSR count). The van der Waals surface area contributed by atoms with E-state index in [0.29, 0.717) is 0 Å². The fourth-order valence-corrected chi connectivity index (χ4v) is 2.74. The summed E-state index contributed by atoms with van der Waals surface area (Å²) in [5.41, 5.74) is 2.27. The highest BCUT2D eigenvalue weighted by molar-refractivity contribution is 14.1. The number of hydrogen-bond acceptors (Lipinski definition) is 1. The molecule has 1 aromatic carbocycles. The summed E-state index contributed by atoms with van der Waals surface area (Å²) in [5, 5.41) is 0. The van der Waals surface area contributed by atoms with Gasteiger partial charge in [-0.2, -0.15) is 0 Å². The topological polar surface area (TPSA) is 17.3 Å². The monoisotopic (exact) mass is 398 g/mol. The van der Waals surface area contributed by atoms with Crippen molar-refractivity contribution in [2.75, 3.05) is 0 Å². The molecule has 0 saturated heterocycles. The van der Waals surface area contributed by atoms with Crippen molar-refractivity contribution < 1.29 is 0 Å². The maximum Gasteiger partial charge on any atom is 0.145 e. The average Bonchev–Trinajstić information content (AvgIpc) is 2.69. The van der Waals surface area contributed by atoms with E-state index in [-0.39, 0.29) is 0 Å². The zero-order chi connectivity index (χ0) is 11.8. The maximum absolute atomic E-state index is 4.62. The number of imidazole rings is 1. The lowest BCUT2D eigenvalue weighted by Gasteiger charge is -2.00. The van der Waals surface area contributed by atoms with Crippen molar-refractivity contribution >= 4 is 44.0 Å². The van der Waals surface area contributed by atoms with E-state index >= 15 is 0 Å². The summed E-state index contributed by atoms with van der Waals surface area (Å²) in [6.45, 7) is 0. The number of halogens is 2. The van der Waals surface area contributed by atoms with E-state index < -0.39 is 0 Å². The Bertz CT molecular complexity index is 673. The molecule has 0 spiro atoms. The third-order valence-corrected chi connectivity index (χ3v) is 3.93. The zero-order valence-electron chi connectivity index (χ0n) is 8.77. The number of fused-ring (bicyclic) bond motifs is 1. The van der Waals surface area contributed by atoms with Gasteiger partial charge in [0.05, 0.1) is 5.52 Å². The molecule has 0 saturated carbocycles. The zero-order valence-corrected chi connectivity index (χ0v) is 12.5. The number of aromatic nitrogens is 2. The van der Waals surface area contributed by atoms with Gasteiger partial charge in [0.25, 0.3) is 0 Å². The van der Waals surface area contributed by atoms with Gasteiger partial charge < -0.3 is 0 Å². The third kappa shape index (κ3) is 1.99. The Labute approximate surface area is 121 Å². The van der Waals surface area contributed by atoms with Crippen LogP contribution >= 0.6 is 38.5 Å². The van der Waals surface area contributed by atoms with Gasteiger partial charge in [-0.05, 0) is 46.9 Å². The fraction of sp³-hybridized carbons (Fsp3) is 0. The SMILES string of the molecule is Brc1ccc(-c2nc(I)c3ccccn23)cc1. The summed E-state index contributed by atoms with van der Waals surface area (Å²) < 4.78 is 4.23. The van der Waals surface area contributed by atoms with Gasteiger partial charge >= 0.3 is 0 Å². The number of nitrogens with zero attached hydrogens (tertiary/aromatic N) is 2. The highest BCUT2D eigenvalue weighted by Crippen LogP contribution is 2.24. The van der Waals surface area contributed by atoms with Crippen LogP contribution in [-0.4, -0.2) is 9.38 Å². The third-order valence-electron chi connectivity index (χ3n) is 2.61. The molecule has 0 aliphatic rings. The molecule has 0 unspecified atom stereocenters. The van der Waals surface area contributed by atoms with Crippen molar-refractivity contribution in [1.82, 2.24) is 9.38 Å². The van der Waals surface area contributed by atoms with Crippen LogP contribution in [0.3, 0.4) is 0 Å². The lowest BCUT2D eigenvalue weighted by molar-refractivity contribution is 1.16. The van der Waals surface area contributed by atoms with Crippen molar-refractivity contribution in [1.29, 1.82) is 0 Å². The summed E-state index contributed by atoms with van der Waals surface area (Å²) in [5.74, 6) is 0.984. The van der Waals surface area contributed by atoms with Crippen LogP contribution in [0.15, 0.2) is 53.1 Å². The molecule has 0 bridgehead atoms. The van der Waals surface area contributed by atoms with Gasteiger partial charge in [-0.15, -0.1) is 0 Å². The second-order valence-corrected chi connectivity index (χ2v) is 5.63. The Kier molecular flexibility index (Phi) is 2.92. The number of rotatable bonds is 1. The molecule has 84 valence electrons. The van der Waals surface area contributed by atoms with Crippen LogP contribution in [0.25, 0.3) is 16.9 Å². The van der Waals surface area contributed by atoms with Crippen molar-refractivity contribution in [2.45, 2.75) is 0 Å². The summed E-state index contributed by atoms with van der Waals surface area (Å²) in [4.78, 5) is 4.62. The molecule has 3 aromatic rings. The minimum atomic E-state index is 0.984. The van der Waals surface area contributed by atoms with Crippen LogP contribution in [0.2, 0.25) is 0 Å². The van der Waals surface area contributed by atoms with Gasteiger partial charge in [0, 0.05) is 16.2 Å². The standard InChI is InChI=1S/C13H8BrIN2/c14-10-6-4-9(5-7-10)13-16-12(15)11-3-1-2-8-17(11)13/h1-8H. The molecular formula is C13H8BrIN2. The van der Waals surface area contributed by atoms with Crippen LogP contribution in [0, 0.1) is 3.70 Å². The van der Waals surface area contributed by atoms with Crippen LogP contribution in [0.5, 0.6) is 0 Å². The second kappa shape index (κ2) is 4.42. The van der Waals surface area contributed by atoms with Crippen LogP contribution in [-0.2, 0) is 0 Å². The molecule has 17 heavy (non-hydrogen) atoms. The fourth-order valence-electron chi connectivity index (χ4n) is 1.80. The van der Waals surface area contributed by atoms with Gasteiger partial charge in [-0.25, -0.2) is 4.98 Å². The van der Waals surface area contributed by atoms with Crippen LogP contribution in [0.1, 0.15) is 0 Å². The van der Waals surface area contributed by atoms with Crippen molar-refractivity contribution in [2.24, 2.45) is 0 Å². The first kappa shape index (κ1) is 11.2. The molecule has 2 aromatic heterocycles. The number of hydrogen-bond donors (Lipinski definition) is 0. The predicted molar refractivity (Wildman–Crippen MR) is 81.0 cm³/mol. The molecule has 0 aliphatic carbocycles. The van der Waals surface area contributed by atoms with E-state index in [4.69, 9.17) is 0 Å². The van der Waals surface area contributed by atoms with Crippen molar-refractivity contribution in [3.05, 3.63) is 56.8 Å². The summed E-state index contributed by atoms with van der Waals surface area (Å²) >= 11 is 5.72. The van der Waals surface area contributed by atoms with Crippen LogP contribution < -0.4 is 0 Å². The molecule has 4 heteroatoms. The Hall–Kier alpha value is -0.880. The van der Waals surface area contributed by atoms with E-state index in [1.54, 1.807) is 0 Å². The summed E-state index contributed by atoms with van der Waals surface area (Å²) in [6, 6.07) is 14.3. The minimum Gasteiger partial charge on any atom is -0.299 e. The van der Waals surface area contributed by atoms with Gasteiger partial charge in [0.2, 0.25) is 0 Å². The molecule has 0 N–H and O–H groups in total. The lowest BCUT2D eigenvalue weighted by Crippen LogP contribution is -1.87. The first-order valence-electron chi connectivity index (χ1n) is 5.14. The van der Waals surface area contributed by atoms with Gasteiger partial charge in [0.15, 0.2) is 0 Å². The molecule has 0 aliphatic heterocycles. The summed E-state index contributed by atoms with van der Waals surface area (Å²) in [6.07, 6.45) is 2.04. The largest absolute Gasteiger partial charge is 0.299 e.